The molecule has 2 rings (SSSR count). The lowest BCUT2D eigenvalue weighted by molar-refractivity contribution is -0.110. The number of hydrogen-bond acceptors (Lipinski definition) is 1. The molecule has 0 amide bonds. The molecule has 0 radical (unpaired) electrons. The van der Waals surface area contributed by atoms with Gasteiger partial charge in [-0.25, -0.2) is 0 Å². The van der Waals surface area contributed by atoms with E-state index in [-0.39, 0.29) is 5.78 Å². The molecule has 1 heteroatoms. The third-order valence-corrected chi connectivity index (χ3v) is 4.72. The van der Waals surface area contributed by atoms with Crippen molar-refractivity contribution in [1.29, 1.82) is 0 Å². The zero-order chi connectivity index (χ0) is 19.8. The minimum Gasteiger partial charge on any atom is -0.290 e. The molecule has 27 heavy (non-hydrogen) atoms. The van der Waals surface area contributed by atoms with Gasteiger partial charge in [0.2, 0.25) is 0 Å². The van der Waals surface area contributed by atoms with Crippen molar-refractivity contribution < 1.29 is 4.79 Å². The lowest BCUT2D eigenvalue weighted by atomic mass is 9.82. The predicted octanol–water partition coefficient (Wildman–Crippen LogP) is 7.08. The number of carbonyl (C=O) groups excluding carboxylic acids is 1. The van der Waals surface area contributed by atoms with Crippen molar-refractivity contribution >= 4 is 11.4 Å². The van der Waals surface area contributed by atoms with Crippen molar-refractivity contribution in [1.82, 2.24) is 0 Å². The Balaban J connectivity index is 2.92. The summed E-state index contributed by atoms with van der Waals surface area (Å²) in [5, 5.41) is 0. The van der Waals surface area contributed by atoms with E-state index in [0.717, 1.165) is 24.0 Å². The average molecular weight is 359 g/mol. The fraction of sp³-hybridized carbons (Fsp3) is 0.269. The van der Waals surface area contributed by atoms with E-state index in [1.807, 2.05) is 19.9 Å². The van der Waals surface area contributed by atoms with Crippen molar-refractivity contribution in [3.05, 3.63) is 100 Å². The summed E-state index contributed by atoms with van der Waals surface area (Å²) >= 11 is 0. The molecule has 1 nitrogen and oxygen atoms in total. The van der Waals surface area contributed by atoms with Crippen molar-refractivity contribution in [2.24, 2.45) is 0 Å². The van der Waals surface area contributed by atoms with E-state index in [1.54, 1.807) is 12.2 Å². The maximum absolute atomic E-state index is 12.0. The quantitative estimate of drug-likeness (QED) is 0.496. The zero-order valence-corrected chi connectivity index (χ0v) is 17.2. The largest absolute Gasteiger partial charge is 0.290 e. The second kappa shape index (κ2) is 9.87. The van der Waals surface area contributed by atoms with Gasteiger partial charge in [0.05, 0.1) is 0 Å². The minimum atomic E-state index is 0.0769. The summed E-state index contributed by atoms with van der Waals surface area (Å²) < 4.78 is 0. The molecule has 0 bridgehead atoms. The smallest absolute Gasteiger partial charge is 0.178 e. The summed E-state index contributed by atoms with van der Waals surface area (Å²) in [6.07, 6.45) is 15.9. The van der Waals surface area contributed by atoms with Gasteiger partial charge >= 0.3 is 0 Å². The van der Waals surface area contributed by atoms with Crippen LogP contribution in [0.3, 0.4) is 0 Å². The van der Waals surface area contributed by atoms with Crippen LogP contribution in [0.4, 0.5) is 0 Å². The van der Waals surface area contributed by atoms with Crippen LogP contribution in [0, 0.1) is 6.92 Å². The molecule has 0 aromatic heterocycles. The van der Waals surface area contributed by atoms with Gasteiger partial charge in [0.25, 0.3) is 0 Å². The van der Waals surface area contributed by atoms with Gasteiger partial charge in [0.15, 0.2) is 5.78 Å². The lowest BCUT2D eigenvalue weighted by Crippen LogP contribution is -2.05. The number of carbonyl (C=O) groups is 1. The SMILES string of the molecule is C\C=C/C(C)=C(\C=C/C)C(=C1\C=CC(=O)C=C1CCC)/c1ccccc1C. The summed E-state index contributed by atoms with van der Waals surface area (Å²) in [5.74, 6) is 0.0769. The molecule has 0 saturated carbocycles. The van der Waals surface area contributed by atoms with Gasteiger partial charge in [0, 0.05) is 0 Å². The number of allylic oxidation sites excluding steroid dienone is 12. The molecule has 1 aliphatic carbocycles. The number of rotatable bonds is 6. The zero-order valence-electron chi connectivity index (χ0n) is 17.2. The van der Waals surface area contributed by atoms with Crippen LogP contribution in [0.25, 0.3) is 5.57 Å². The van der Waals surface area contributed by atoms with Gasteiger partial charge in [-0.2, -0.15) is 0 Å². The van der Waals surface area contributed by atoms with Gasteiger partial charge in [-0.3, -0.25) is 4.79 Å². The highest BCUT2D eigenvalue weighted by Gasteiger charge is 2.19. The van der Waals surface area contributed by atoms with Gasteiger partial charge in [0.1, 0.15) is 0 Å². The Bertz CT molecular complexity index is 883. The topological polar surface area (TPSA) is 17.1 Å². The first-order valence-corrected chi connectivity index (χ1v) is 9.73. The maximum atomic E-state index is 12.0. The molecule has 0 N–H and O–H groups in total. The third kappa shape index (κ3) is 4.95. The Labute approximate surface area is 164 Å². The minimum absolute atomic E-state index is 0.0769. The summed E-state index contributed by atoms with van der Waals surface area (Å²) in [6, 6.07) is 8.48. The highest BCUT2D eigenvalue weighted by molar-refractivity contribution is 6.04. The van der Waals surface area contributed by atoms with Crippen LogP contribution in [-0.4, -0.2) is 5.78 Å². The van der Waals surface area contributed by atoms with Crippen LogP contribution < -0.4 is 0 Å². The van der Waals surface area contributed by atoms with Crippen molar-refractivity contribution in [2.75, 3.05) is 0 Å². The van der Waals surface area contributed by atoms with Crippen LogP contribution in [0.15, 0.2) is 89.1 Å². The molecule has 0 heterocycles. The standard InChI is InChI=1S/C26H30O/c1-6-11-19(4)23(13-8-3)26(24-15-10-9-14-20(24)5)25-17-16-22(27)18-21(25)12-7-2/h6,8-11,13-18H,7,12H2,1-5H3/b11-6-,13-8-,23-19+,26-25-. The highest BCUT2D eigenvalue weighted by Crippen LogP contribution is 2.37. The summed E-state index contributed by atoms with van der Waals surface area (Å²) in [6.45, 7) is 10.5. The monoisotopic (exact) mass is 358 g/mol. The molecule has 1 aliphatic rings. The van der Waals surface area contributed by atoms with E-state index in [1.165, 1.54) is 27.8 Å². The van der Waals surface area contributed by atoms with Crippen molar-refractivity contribution in [3.8, 4) is 0 Å². The molecule has 0 aliphatic heterocycles. The highest BCUT2D eigenvalue weighted by atomic mass is 16.1. The van der Waals surface area contributed by atoms with Crippen LogP contribution >= 0.6 is 0 Å². The first-order valence-electron chi connectivity index (χ1n) is 9.73. The van der Waals surface area contributed by atoms with E-state index in [0.29, 0.717) is 0 Å². The molecule has 0 fully saturated rings. The van der Waals surface area contributed by atoms with E-state index in [2.05, 4.69) is 69.3 Å². The molecule has 0 saturated heterocycles. The van der Waals surface area contributed by atoms with Crippen LogP contribution in [0.2, 0.25) is 0 Å². The van der Waals surface area contributed by atoms with Gasteiger partial charge in [-0.1, -0.05) is 68.0 Å². The maximum Gasteiger partial charge on any atom is 0.178 e. The Morgan fingerprint density at radius 3 is 2.37 bits per heavy atom. The third-order valence-electron chi connectivity index (χ3n) is 4.72. The van der Waals surface area contributed by atoms with Crippen LogP contribution in [0.5, 0.6) is 0 Å². The first-order chi connectivity index (χ1) is 13.0. The van der Waals surface area contributed by atoms with Crippen molar-refractivity contribution in [2.45, 2.75) is 47.5 Å². The predicted molar refractivity (Wildman–Crippen MR) is 118 cm³/mol. The van der Waals surface area contributed by atoms with E-state index in [4.69, 9.17) is 0 Å². The van der Waals surface area contributed by atoms with Crippen LogP contribution in [-0.2, 0) is 4.79 Å². The van der Waals surface area contributed by atoms with Gasteiger partial charge < -0.3 is 0 Å². The Morgan fingerprint density at radius 2 is 1.74 bits per heavy atom. The molecular formula is C26H30O. The van der Waals surface area contributed by atoms with Gasteiger partial charge in [-0.05, 0) is 85.3 Å². The number of benzene rings is 1. The Morgan fingerprint density at radius 1 is 1.04 bits per heavy atom. The first kappa shape index (κ1) is 20.6. The number of aryl methyl sites for hydroxylation is 1. The normalized spacial score (nSPS) is 17.5. The Hall–Kier alpha value is -2.67. The second-order valence-electron chi connectivity index (χ2n) is 6.86. The lowest BCUT2D eigenvalue weighted by Gasteiger charge is -2.22. The number of hydrogen-bond donors (Lipinski definition) is 0. The molecular weight excluding hydrogens is 328 g/mol. The second-order valence-corrected chi connectivity index (χ2v) is 6.86. The molecule has 1 aromatic rings. The van der Waals surface area contributed by atoms with Gasteiger partial charge in [-0.15, -0.1) is 0 Å². The summed E-state index contributed by atoms with van der Waals surface area (Å²) in [4.78, 5) is 12.0. The Kier molecular flexibility index (Phi) is 7.55. The summed E-state index contributed by atoms with van der Waals surface area (Å²) in [7, 11) is 0. The van der Waals surface area contributed by atoms with E-state index in [9.17, 15) is 4.79 Å². The molecule has 0 atom stereocenters. The van der Waals surface area contributed by atoms with E-state index < -0.39 is 0 Å². The molecule has 0 spiro atoms. The fourth-order valence-corrected chi connectivity index (χ4v) is 3.50. The fourth-order valence-electron chi connectivity index (χ4n) is 3.50. The van der Waals surface area contributed by atoms with Crippen molar-refractivity contribution in [3.63, 3.8) is 0 Å². The average Bonchev–Trinajstić information content (AvgIpc) is 2.64. The molecule has 1 aromatic carbocycles. The summed E-state index contributed by atoms with van der Waals surface area (Å²) in [5.41, 5.74) is 8.33. The molecule has 0 unspecified atom stereocenters. The van der Waals surface area contributed by atoms with Crippen LogP contribution in [0.1, 0.15) is 51.7 Å². The number of ketones is 1. The molecule has 140 valence electrons. The van der Waals surface area contributed by atoms with E-state index >= 15 is 0 Å².